The van der Waals surface area contributed by atoms with Gasteiger partial charge in [0.15, 0.2) is 0 Å². The van der Waals surface area contributed by atoms with E-state index in [1.165, 1.54) is 57.8 Å². The second-order valence-electron chi connectivity index (χ2n) is 4.85. The van der Waals surface area contributed by atoms with E-state index in [1.54, 1.807) is 0 Å². The zero-order valence-electron chi connectivity index (χ0n) is 10.8. The molecular formula is C14H30O. The zero-order chi connectivity index (χ0) is 11.4. The molecule has 92 valence electrons. The van der Waals surface area contributed by atoms with E-state index in [9.17, 15) is 0 Å². The van der Waals surface area contributed by atoms with Crippen LogP contribution in [0.3, 0.4) is 0 Å². The van der Waals surface area contributed by atoms with Gasteiger partial charge in [0.1, 0.15) is 0 Å². The van der Waals surface area contributed by atoms with Gasteiger partial charge in [0.25, 0.3) is 0 Å². The lowest BCUT2D eigenvalue weighted by Crippen LogP contribution is -1.91. The second kappa shape index (κ2) is 12.0. The topological polar surface area (TPSA) is 20.2 Å². The summed E-state index contributed by atoms with van der Waals surface area (Å²) in [7, 11) is 0. The van der Waals surface area contributed by atoms with Crippen LogP contribution in [-0.2, 0) is 0 Å². The summed E-state index contributed by atoms with van der Waals surface area (Å²) in [5.41, 5.74) is 0. The van der Waals surface area contributed by atoms with Crippen LogP contribution in [0.4, 0.5) is 0 Å². The monoisotopic (exact) mass is 214 g/mol. The van der Waals surface area contributed by atoms with E-state index in [0.29, 0.717) is 6.61 Å². The second-order valence-corrected chi connectivity index (χ2v) is 4.85. The van der Waals surface area contributed by atoms with E-state index < -0.39 is 0 Å². The Labute approximate surface area is 96.3 Å². The van der Waals surface area contributed by atoms with Crippen molar-refractivity contribution in [2.24, 2.45) is 5.92 Å². The number of rotatable bonds is 11. The number of unbranched alkanes of at least 4 members (excludes halogenated alkanes) is 7. The fraction of sp³-hybridized carbons (Fsp3) is 1.00. The maximum atomic E-state index is 8.61. The van der Waals surface area contributed by atoms with Crippen molar-refractivity contribution in [1.29, 1.82) is 0 Å². The Morgan fingerprint density at radius 3 is 1.73 bits per heavy atom. The van der Waals surface area contributed by atoms with Crippen LogP contribution >= 0.6 is 0 Å². The average molecular weight is 214 g/mol. The molecule has 0 aliphatic rings. The van der Waals surface area contributed by atoms with E-state index in [4.69, 9.17) is 5.11 Å². The van der Waals surface area contributed by atoms with Crippen molar-refractivity contribution >= 4 is 0 Å². The van der Waals surface area contributed by atoms with Crippen molar-refractivity contribution in [2.75, 3.05) is 6.61 Å². The summed E-state index contributed by atoms with van der Waals surface area (Å²) < 4.78 is 0. The number of hydrogen-bond donors (Lipinski definition) is 1. The predicted octanol–water partition coefficient (Wildman–Crippen LogP) is 4.54. The van der Waals surface area contributed by atoms with Crippen molar-refractivity contribution in [3.8, 4) is 0 Å². The Bertz CT molecular complexity index is 112. The molecule has 0 aliphatic carbocycles. The van der Waals surface area contributed by atoms with Gasteiger partial charge >= 0.3 is 0 Å². The molecule has 1 nitrogen and oxygen atoms in total. The first-order valence-electron chi connectivity index (χ1n) is 6.92. The largest absolute Gasteiger partial charge is 0.396 e. The van der Waals surface area contributed by atoms with Crippen molar-refractivity contribution in [2.45, 2.75) is 78.1 Å². The molecule has 0 fully saturated rings. The highest BCUT2D eigenvalue weighted by molar-refractivity contribution is 4.51. The lowest BCUT2D eigenvalue weighted by molar-refractivity contribution is 0.282. The average Bonchev–Trinajstić information content (AvgIpc) is 2.26. The van der Waals surface area contributed by atoms with Crippen LogP contribution in [0.5, 0.6) is 0 Å². The summed E-state index contributed by atoms with van der Waals surface area (Å²) in [4.78, 5) is 0. The molecule has 1 heteroatoms. The Kier molecular flexibility index (Phi) is 12.0. The van der Waals surface area contributed by atoms with Crippen LogP contribution in [0.15, 0.2) is 0 Å². The molecule has 0 aromatic carbocycles. The SMILES string of the molecule is CC[C@@H](C)CCCCCCCCCCO. The molecule has 0 heterocycles. The Balaban J connectivity index is 2.92. The molecule has 0 saturated carbocycles. The summed E-state index contributed by atoms with van der Waals surface area (Å²) in [6.07, 6.45) is 13.3. The molecule has 0 amide bonds. The molecule has 15 heavy (non-hydrogen) atoms. The highest BCUT2D eigenvalue weighted by atomic mass is 16.2. The molecule has 0 spiro atoms. The molecule has 0 saturated heterocycles. The van der Waals surface area contributed by atoms with Gasteiger partial charge < -0.3 is 5.11 Å². The molecule has 0 aliphatic heterocycles. The van der Waals surface area contributed by atoms with E-state index in [-0.39, 0.29) is 0 Å². The first-order chi connectivity index (χ1) is 7.31. The summed E-state index contributed by atoms with van der Waals surface area (Å²) >= 11 is 0. The third kappa shape index (κ3) is 11.9. The van der Waals surface area contributed by atoms with Crippen molar-refractivity contribution in [1.82, 2.24) is 0 Å². The van der Waals surface area contributed by atoms with Gasteiger partial charge in [-0.3, -0.25) is 0 Å². The zero-order valence-corrected chi connectivity index (χ0v) is 10.8. The third-order valence-electron chi connectivity index (χ3n) is 3.30. The van der Waals surface area contributed by atoms with E-state index >= 15 is 0 Å². The summed E-state index contributed by atoms with van der Waals surface area (Å²) in [5, 5.41) is 8.61. The number of aliphatic hydroxyl groups is 1. The summed E-state index contributed by atoms with van der Waals surface area (Å²) in [6, 6.07) is 0. The normalized spacial score (nSPS) is 13.0. The van der Waals surface area contributed by atoms with Gasteiger partial charge in [-0.05, 0) is 12.3 Å². The molecule has 0 aromatic heterocycles. The van der Waals surface area contributed by atoms with E-state index in [2.05, 4.69) is 13.8 Å². The number of aliphatic hydroxyl groups excluding tert-OH is 1. The smallest absolute Gasteiger partial charge is 0.0431 e. The highest BCUT2D eigenvalue weighted by Crippen LogP contribution is 2.14. The van der Waals surface area contributed by atoms with Crippen LogP contribution in [-0.4, -0.2) is 11.7 Å². The van der Waals surface area contributed by atoms with Crippen LogP contribution < -0.4 is 0 Å². The minimum atomic E-state index is 0.370. The highest BCUT2D eigenvalue weighted by Gasteiger charge is 1.97. The van der Waals surface area contributed by atoms with Crippen molar-refractivity contribution in [3.05, 3.63) is 0 Å². The van der Waals surface area contributed by atoms with Crippen LogP contribution in [0.1, 0.15) is 78.1 Å². The van der Waals surface area contributed by atoms with E-state index in [1.807, 2.05) is 0 Å². The predicted molar refractivity (Wildman–Crippen MR) is 68.1 cm³/mol. The Morgan fingerprint density at radius 2 is 1.27 bits per heavy atom. The van der Waals surface area contributed by atoms with Gasteiger partial charge in [-0.15, -0.1) is 0 Å². The van der Waals surface area contributed by atoms with Crippen LogP contribution in [0.25, 0.3) is 0 Å². The molecule has 0 aromatic rings. The van der Waals surface area contributed by atoms with Crippen molar-refractivity contribution < 1.29 is 5.11 Å². The van der Waals surface area contributed by atoms with Gasteiger partial charge in [-0.25, -0.2) is 0 Å². The molecule has 0 radical (unpaired) electrons. The maximum absolute atomic E-state index is 8.61. The van der Waals surface area contributed by atoms with Crippen molar-refractivity contribution in [3.63, 3.8) is 0 Å². The van der Waals surface area contributed by atoms with Gasteiger partial charge in [-0.1, -0.05) is 71.6 Å². The number of hydrogen-bond acceptors (Lipinski definition) is 1. The molecule has 0 rings (SSSR count). The van der Waals surface area contributed by atoms with E-state index in [0.717, 1.165) is 12.3 Å². The molecule has 0 bridgehead atoms. The van der Waals surface area contributed by atoms with Gasteiger partial charge in [-0.2, -0.15) is 0 Å². The van der Waals surface area contributed by atoms with Gasteiger partial charge in [0.05, 0.1) is 0 Å². The van der Waals surface area contributed by atoms with Crippen LogP contribution in [0.2, 0.25) is 0 Å². The Morgan fingerprint density at radius 1 is 0.800 bits per heavy atom. The lowest BCUT2D eigenvalue weighted by Gasteiger charge is -2.07. The summed E-state index contributed by atoms with van der Waals surface area (Å²) in [6.45, 7) is 5.01. The Hall–Kier alpha value is -0.0400. The fourth-order valence-electron chi connectivity index (χ4n) is 1.87. The molecule has 0 unspecified atom stereocenters. The molecule has 1 N–H and O–H groups in total. The quantitative estimate of drug-likeness (QED) is 0.501. The minimum Gasteiger partial charge on any atom is -0.396 e. The van der Waals surface area contributed by atoms with Crippen LogP contribution in [0, 0.1) is 5.92 Å². The first kappa shape index (κ1) is 15.0. The van der Waals surface area contributed by atoms with Gasteiger partial charge in [0.2, 0.25) is 0 Å². The standard InChI is InChI=1S/C14H30O/c1-3-14(2)12-10-8-6-4-5-7-9-11-13-15/h14-15H,3-13H2,1-2H3/t14-/m1/s1. The lowest BCUT2D eigenvalue weighted by atomic mass is 10.00. The first-order valence-corrected chi connectivity index (χ1v) is 6.92. The molecule has 1 atom stereocenters. The maximum Gasteiger partial charge on any atom is 0.0431 e. The minimum absolute atomic E-state index is 0.370. The van der Waals surface area contributed by atoms with Gasteiger partial charge in [0, 0.05) is 6.61 Å². The third-order valence-corrected chi connectivity index (χ3v) is 3.30. The fourth-order valence-corrected chi connectivity index (χ4v) is 1.87. The summed E-state index contributed by atoms with van der Waals surface area (Å²) in [5.74, 6) is 0.926. The molecular weight excluding hydrogens is 184 g/mol.